The highest BCUT2D eigenvalue weighted by molar-refractivity contribution is 5.35. The predicted octanol–water partition coefficient (Wildman–Crippen LogP) is 8.11. The molecule has 0 aromatic heterocycles. The summed E-state index contributed by atoms with van der Waals surface area (Å²) in [6.45, 7) is 22.0. The molecule has 0 saturated heterocycles. The lowest BCUT2D eigenvalue weighted by Crippen LogP contribution is -2.60. The van der Waals surface area contributed by atoms with Crippen LogP contribution < -0.4 is 0 Å². The van der Waals surface area contributed by atoms with Gasteiger partial charge in [-0.25, -0.2) is 0 Å². The molecule has 0 spiro atoms. The van der Waals surface area contributed by atoms with Gasteiger partial charge in [0, 0.05) is 0 Å². The van der Waals surface area contributed by atoms with E-state index in [0.717, 1.165) is 11.8 Å². The van der Waals surface area contributed by atoms with E-state index in [0.29, 0.717) is 27.6 Å². The Morgan fingerprint density at radius 2 is 1.70 bits per heavy atom. The summed E-state index contributed by atoms with van der Waals surface area (Å²) in [5, 5.41) is 0. The number of hydrogen-bond acceptors (Lipinski definition) is 0. The van der Waals surface area contributed by atoms with Crippen LogP contribution in [-0.2, 0) is 0 Å². The smallest absolute Gasteiger partial charge is 0.00200 e. The van der Waals surface area contributed by atoms with Gasteiger partial charge in [-0.15, -0.1) is 6.58 Å². The Labute approximate surface area is 168 Å². The maximum absolute atomic E-state index is 4.17. The molecule has 0 aliphatic heterocycles. The Kier molecular flexibility index (Phi) is 4.24. The fourth-order valence-corrected chi connectivity index (χ4v) is 9.10. The van der Waals surface area contributed by atoms with Crippen molar-refractivity contribution in [1.29, 1.82) is 0 Å². The number of rotatable bonds is 1. The first-order chi connectivity index (χ1) is 12.5. The van der Waals surface area contributed by atoms with Crippen molar-refractivity contribution in [1.82, 2.24) is 0 Å². The van der Waals surface area contributed by atoms with Crippen molar-refractivity contribution in [2.75, 3.05) is 0 Å². The van der Waals surface area contributed by atoms with Crippen LogP contribution in [0.25, 0.3) is 0 Å². The SMILES string of the molecule is C=C[C@@H]1CC[C@]2(C)C1=CC[C@@H]1[C@@]3(C)CCC(=C(C)C)C(C)(C)[C@@H]3CC[C@]12C. The quantitative estimate of drug-likeness (QED) is 0.411. The molecule has 27 heavy (non-hydrogen) atoms. The van der Waals surface area contributed by atoms with Gasteiger partial charge >= 0.3 is 0 Å². The molecule has 0 aromatic rings. The van der Waals surface area contributed by atoms with E-state index in [1.165, 1.54) is 44.9 Å². The second-order valence-corrected chi connectivity index (χ2v) is 11.9. The molecule has 0 radical (unpaired) electrons. The van der Waals surface area contributed by atoms with Crippen LogP contribution in [0.4, 0.5) is 0 Å². The van der Waals surface area contributed by atoms with E-state index in [4.69, 9.17) is 0 Å². The van der Waals surface area contributed by atoms with Crippen molar-refractivity contribution in [3.05, 3.63) is 35.5 Å². The van der Waals surface area contributed by atoms with Crippen LogP contribution in [0.5, 0.6) is 0 Å². The van der Waals surface area contributed by atoms with E-state index in [1.54, 1.807) is 16.7 Å². The maximum atomic E-state index is 4.17. The van der Waals surface area contributed by atoms with Gasteiger partial charge in [0.05, 0.1) is 0 Å². The Bertz CT molecular complexity index is 714. The average Bonchev–Trinajstić information content (AvgIpc) is 2.91. The van der Waals surface area contributed by atoms with Gasteiger partial charge in [0.25, 0.3) is 0 Å². The third-order valence-corrected chi connectivity index (χ3v) is 10.6. The Morgan fingerprint density at radius 3 is 2.33 bits per heavy atom. The van der Waals surface area contributed by atoms with Gasteiger partial charge in [-0.2, -0.15) is 0 Å². The van der Waals surface area contributed by atoms with E-state index >= 15 is 0 Å². The third-order valence-electron chi connectivity index (χ3n) is 10.6. The summed E-state index contributed by atoms with van der Waals surface area (Å²) in [5.41, 5.74) is 6.78. The van der Waals surface area contributed by atoms with E-state index in [9.17, 15) is 0 Å². The first kappa shape index (κ1) is 19.5. The van der Waals surface area contributed by atoms with Crippen molar-refractivity contribution in [2.24, 2.45) is 39.4 Å². The first-order valence-corrected chi connectivity index (χ1v) is 11.5. The molecular formula is C27H42. The lowest BCUT2D eigenvalue weighted by Gasteiger charge is -2.68. The summed E-state index contributed by atoms with van der Waals surface area (Å²) in [7, 11) is 0. The largest absolute Gasteiger partial charge is 0.102 e. The van der Waals surface area contributed by atoms with Crippen LogP contribution >= 0.6 is 0 Å². The fourth-order valence-electron chi connectivity index (χ4n) is 9.10. The molecule has 0 heterocycles. The highest BCUT2D eigenvalue weighted by Gasteiger charge is 2.66. The minimum atomic E-state index is 0.359. The van der Waals surface area contributed by atoms with Gasteiger partial charge in [-0.05, 0) is 98.2 Å². The predicted molar refractivity (Wildman–Crippen MR) is 118 cm³/mol. The highest BCUT2D eigenvalue weighted by Crippen LogP contribution is 2.74. The topological polar surface area (TPSA) is 0 Å². The summed E-state index contributed by atoms with van der Waals surface area (Å²) in [6, 6.07) is 0. The molecule has 0 amide bonds. The molecule has 0 unspecified atom stereocenters. The molecule has 150 valence electrons. The minimum absolute atomic E-state index is 0.359. The molecule has 4 aliphatic rings. The molecule has 3 saturated carbocycles. The van der Waals surface area contributed by atoms with Crippen molar-refractivity contribution in [2.45, 2.75) is 93.4 Å². The van der Waals surface area contributed by atoms with E-state index < -0.39 is 0 Å². The second-order valence-electron chi connectivity index (χ2n) is 11.9. The van der Waals surface area contributed by atoms with E-state index in [-0.39, 0.29) is 0 Å². The minimum Gasteiger partial charge on any atom is -0.102 e. The zero-order valence-electron chi connectivity index (χ0n) is 19.0. The molecule has 0 aromatic carbocycles. The van der Waals surface area contributed by atoms with Crippen molar-refractivity contribution in [3.8, 4) is 0 Å². The Balaban J connectivity index is 1.79. The third kappa shape index (κ3) is 2.28. The Morgan fingerprint density at radius 1 is 1.00 bits per heavy atom. The number of hydrogen-bond donors (Lipinski definition) is 0. The standard InChI is InChI=1S/C27H42/c1-9-19-12-16-26(7)21(19)10-11-23-25(6)15-13-20(18(2)3)24(4,5)22(25)14-17-27(23,26)8/h9-10,19,22-23H,1,11-17H2,2-8H3/t19-,22+,23-,25+,26-,27-/m1/s1. The molecule has 0 bridgehead atoms. The number of allylic oxidation sites excluding steroid dienone is 5. The zero-order chi connectivity index (χ0) is 19.8. The molecule has 0 N–H and O–H groups in total. The molecule has 4 aliphatic carbocycles. The summed E-state index contributed by atoms with van der Waals surface area (Å²) in [5.74, 6) is 2.30. The van der Waals surface area contributed by atoms with Gasteiger partial charge in [-0.1, -0.05) is 63.5 Å². The summed E-state index contributed by atoms with van der Waals surface area (Å²) >= 11 is 0. The van der Waals surface area contributed by atoms with Crippen molar-refractivity contribution in [3.63, 3.8) is 0 Å². The van der Waals surface area contributed by atoms with Crippen LogP contribution in [0.1, 0.15) is 93.4 Å². The molecule has 4 rings (SSSR count). The molecule has 6 atom stereocenters. The van der Waals surface area contributed by atoms with E-state index in [2.05, 4.69) is 67.2 Å². The summed E-state index contributed by atoms with van der Waals surface area (Å²) in [4.78, 5) is 0. The Hall–Kier alpha value is -0.780. The zero-order valence-corrected chi connectivity index (χ0v) is 19.0. The lowest BCUT2D eigenvalue weighted by atomic mass is 9.36. The van der Waals surface area contributed by atoms with Crippen LogP contribution in [0.2, 0.25) is 0 Å². The van der Waals surface area contributed by atoms with Crippen LogP contribution in [0.15, 0.2) is 35.5 Å². The summed E-state index contributed by atoms with van der Waals surface area (Å²) < 4.78 is 0. The van der Waals surface area contributed by atoms with Crippen molar-refractivity contribution < 1.29 is 0 Å². The van der Waals surface area contributed by atoms with Crippen LogP contribution in [0.3, 0.4) is 0 Å². The van der Waals surface area contributed by atoms with Crippen LogP contribution in [-0.4, -0.2) is 0 Å². The molecule has 0 nitrogen and oxygen atoms in total. The van der Waals surface area contributed by atoms with Crippen molar-refractivity contribution >= 4 is 0 Å². The van der Waals surface area contributed by atoms with Gasteiger partial charge in [0.1, 0.15) is 0 Å². The highest BCUT2D eigenvalue weighted by atomic mass is 14.7. The van der Waals surface area contributed by atoms with Gasteiger partial charge < -0.3 is 0 Å². The summed E-state index contributed by atoms with van der Waals surface area (Å²) in [6.07, 6.45) is 14.4. The number of fused-ring (bicyclic) bond motifs is 5. The molecule has 0 heteroatoms. The lowest BCUT2D eigenvalue weighted by molar-refractivity contribution is -0.151. The molecule has 3 fully saturated rings. The maximum Gasteiger partial charge on any atom is -0.00200 e. The fraction of sp³-hybridized carbons (Fsp3) is 0.778. The van der Waals surface area contributed by atoms with E-state index in [1.807, 2.05) is 0 Å². The second kappa shape index (κ2) is 5.87. The average molecular weight is 367 g/mol. The van der Waals surface area contributed by atoms with Crippen LogP contribution in [0, 0.1) is 39.4 Å². The first-order valence-electron chi connectivity index (χ1n) is 11.5. The van der Waals surface area contributed by atoms with Gasteiger partial charge in [0.2, 0.25) is 0 Å². The van der Waals surface area contributed by atoms with Gasteiger partial charge in [-0.3, -0.25) is 0 Å². The normalized spacial score (nSPS) is 48.2. The van der Waals surface area contributed by atoms with Gasteiger partial charge in [0.15, 0.2) is 0 Å². The molecular weight excluding hydrogens is 324 g/mol. The monoisotopic (exact) mass is 366 g/mol.